The third-order valence-corrected chi connectivity index (χ3v) is 5.33. The molecule has 0 aromatic heterocycles. The lowest BCUT2D eigenvalue weighted by Gasteiger charge is -2.30. The van der Waals surface area contributed by atoms with E-state index in [1.54, 1.807) is 20.3 Å². The van der Waals surface area contributed by atoms with E-state index in [9.17, 15) is 0 Å². The Morgan fingerprint density at radius 1 is 1.04 bits per heavy atom. The van der Waals surface area contributed by atoms with Crippen molar-refractivity contribution in [2.45, 2.75) is 12.5 Å². The SMILES string of the molecule is COc1cc2c(cc1OCCN(C)C)C(c1cc(Cl)cc(Cl)c1OC)NCC2. The van der Waals surface area contributed by atoms with Crippen LogP contribution in [0.25, 0.3) is 0 Å². The average molecular weight is 425 g/mol. The molecule has 0 bridgehead atoms. The van der Waals surface area contributed by atoms with Gasteiger partial charge in [0.2, 0.25) is 0 Å². The zero-order valence-corrected chi connectivity index (χ0v) is 18.2. The summed E-state index contributed by atoms with van der Waals surface area (Å²) >= 11 is 12.7. The molecule has 0 spiro atoms. The summed E-state index contributed by atoms with van der Waals surface area (Å²) in [5.41, 5.74) is 3.23. The molecule has 1 atom stereocenters. The number of ether oxygens (including phenoxy) is 3. The van der Waals surface area contributed by atoms with Gasteiger partial charge >= 0.3 is 0 Å². The standard InChI is InChI=1S/C21H26Cl2N2O3/c1-25(2)7-8-28-19-12-15-13(9-18(19)26-3)5-6-24-20(15)16-10-14(22)11-17(23)21(16)27-4/h9-12,20,24H,5-8H2,1-4H3. The van der Waals surface area contributed by atoms with Crippen molar-refractivity contribution in [1.29, 1.82) is 0 Å². The van der Waals surface area contributed by atoms with Crippen molar-refractivity contribution in [1.82, 2.24) is 10.2 Å². The van der Waals surface area contributed by atoms with Gasteiger partial charge in [-0.2, -0.15) is 0 Å². The Hall–Kier alpha value is -1.66. The van der Waals surface area contributed by atoms with E-state index >= 15 is 0 Å². The van der Waals surface area contributed by atoms with Crippen molar-refractivity contribution in [2.75, 3.05) is 48.0 Å². The Balaban J connectivity index is 2.03. The van der Waals surface area contributed by atoms with E-state index in [2.05, 4.69) is 22.3 Å². The summed E-state index contributed by atoms with van der Waals surface area (Å²) < 4.78 is 17.2. The molecule has 1 N–H and O–H groups in total. The summed E-state index contributed by atoms with van der Waals surface area (Å²) in [6, 6.07) is 7.60. The molecule has 0 radical (unpaired) electrons. The molecule has 0 fully saturated rings. The summed E-state index contributed by atoms with van der Waals surface area (Å²) in [5, 5.41) is 4.63. The molecule has 0 saturated carbocycles. The number of methoxy groups -OCH3 is 2. The van der Waals surface area contributed by atoms with Gasteiger partial charge < -0.3 is 24.4 Å². The van der Waals surface area contributed by atoms with Gasteiger partial charge in [0.15, 0.2) is 11.5 Å². The van der Waals surface area contributed by atoms with Gasteiger partial charge in [-0.1, -0.05) is 23.2 Å². The van der Waals surface area contributed by atoms with E-state index in [1.165, 1.54) is 5.56 Å². The molecule has 0 aliphatic carbocycles. The molecule has 1 unspecified atom stereocenters. The molecule has 1 aliphatic heterocycles. The summed E-state index contributed by atoms with van der Waals surface area (Å²) in [5.74, 6) is 2.10. The van der Waals surface area contributed by atoms with Crippen LogP contribution in [-0.2, 0) is 6.42 Å². The Morgan fingerprint density at radius 2 is 1.82 bits per heavy atom. The first-order valence-corrected chi connectivity index (χ1v) is 9.94. The van der Waals surface area contributed by atoms with E-state index in [4.69, 9.17) is 37.4 Å². The minimum atomic E-state index is -0.1000. The monoisotopic (exact) mass is 424 g/mol. The summed E-state index contributed by atoms with van der Waals surface area (Å²) in [7, 11) is 7.32. The molecule has 2 aromatic carbocycles. The Kier molecular flexibility index (Phi) is 6.94. The van der Waals surface area contributed by atoms with Crippen LogP contribution in [0, 0.1) is 0 Å². The predicted octanol–water partition coefficient (Wildman–Crippen LogP) is 4.19. The normalized spacial score (nSPS) is 16.0. The average Bonchev–Trinajstić information content (AvgIpc) is 2.66. The van der Waals surface area contributed by atoms with Gasteiger partial charge in [-0.3, -0.25) is 0 Å². The maximum atomic E-state index is 6.37. The van der Waals surface area contributed by atoms with E-state index in [-0.39, 0.29) is 6.04 Å². The second-order valence-corrected chi connectivity index (χ2v) is 7.84. The van der Waals surface area contributed by atoms with Crippen LogP contribution in [0.3, 0.4) is 0 Å². The molecule has 0 amide bonds. The van der Waals surface area contributed by atoms with Crippen LogP contribution in [-0.4, -0.2) is 52.9 Å². The zero-order chi connectivity index (χ0) is 20.3. The predicted molar refractivity (Wildman–Crippen MR) is 114 cm³/mol. The highest BCUT2D eigenvalue weighted by Crippen LogP contribution is 2.42. The number of benzene rings is 2. The van der Waals surface area contributed by atoms with Crippen LogP contribution >= 0.6 is 23.2 Å². The Labute approximate surface area is 176 Å². The van der Waals surface area contributed by atoms with Crippen molar-refractivity contribution >= 4 is 23.2 Å². The third kappa shape index (κ3) is 4.49. The maximum Gasteiger partial charge on any atom is 0.161 e. The number of halogens is 2. The van der Waals surface area contributed by atoms with Crippen LogP contribution in [0.1, 0.15) is 22.7 Å². The molecule has 5 nitrogen and oxygen atoms in total. The van der Waals surface area contributed by atoms with Gasteiger partial charge in [-0.05, 0) is 55.9 Å². The molecular weight excluding hydrogens is 399 g/mol. The number of fused-ring (bicyclic) bond motifs is 1. The van der Waals surface area contributed by atoms with Gasteiger partial charge in [0, 0.05) is 23.7 Å². The quantitative estimate of drug-likeness (QED) is 0.721. The van der Waals surface area contributed by atoms with Crippen molar-refractivity contribution < 1.29 is 14.2 Å². The first-order valence-electron chi connectivity index (χ1n) is 9.19. The summed E-state index contributed by atoms with van der Waals surface area (Å²) in [6.07, 6.45) is 0.900. The van der Waals surface area contributed by atoms with Crippen molar-refractivity contribution in [2.24, 2.45) is 0 Å². The molecule has 7 heteroatoms. The van der Waals surface area contributed by atoms with Gasteiger partial charge in [-0.15, -0.1) is 0 Å². The van der Waals surface area contributed by atoms with E-state index in [1.807, 2.05) is 20.2 Å². The first kappa shape index (κ1) is 21.1. The van der Waals surface area contributed by atoms with Gasteiger partial charge in [0.05, 0.1) is 25.3 Å². The number of hydrogen-bond acceptors (Lipinski definition) is 5. The topological polar surface area (TPSA) is 43.0 Å². The zero-order valence-electron chi connectivity index (χ0n) is 16.6. The van der Waals surface area contributed by atoms with Crippen LogP contribution in [0.5, 0.6) is 17.2 Å². The molecule has 152 valence electrons. The summed E-state index contributed by atoms with van der Waals surface area (Å²) in [6.45, 7) is 2.22. The fourth-order valence-electron chi connectivity index (χ4n) is 3.46. The van der Waals surface area contributed by atoms with Crippen molar-refractivity contribution in [3.05, 3.63) is 51.0 Å². The number of nitrogens with one attached hydrogen (secondary N) is 1. The Morgan fingerprint density at radius 3 is 2.50 bits per heavy atom. The van der Waals surface area contributed by atoms with Crippen LogP contribution in [0.15, 0.2) is 24.3 Å². The first-order chi connectivity index (χ1) is 13.4. The van der Waals surface area contributed by atoms with Crippen LogP contribution in [0.2, 0.25) is 10.0 Å². The smallest absolute Gasteiger partial charge is 0.161 e. The highest BCUT2D eigenvalue weighted by Gasteiger charge is 2.27. The second-order valence-electron chi connectivity index (χ2n) is 7.00. The van der Waals surface area contributed by atoms with Crippen molar-refractivity contribution in [3.8, 4) is 17.2 Å². The van der Waals surface area contributed by atoms with E-state index < -0.39 is 0 Å². The molecule has 2 aromatic rings. The fraction of sp³-hybridized carbons (Fsp3) is 0.429. The molecule has 3 rings (SSSR count). The largest absolute Gasteiger partial charge is 0.495 e. The summed E-state index contributed by atoms with van der Waals surface area (Å²) in [4.78, 5) is 2.08. The highest BCUT2D eigenvalue weighted by molar-refractivity contribution is 6.35. The van der Waals surface area contributed by atoms with E-state index in [0.717, 1.165) is 42.1 Å². The van der Waals surface area contributed by atoms with Crippen LogP contribution < -0.4 is 19.5 Å². The van der Waals surface area contributed by atoms with Crippen LogP contribution in [0.4, 0.5) is 0 Å². The Bertz CT molecular complexity index is 843. The van der Waals surface area contributed by atoms with Gasteiger partial charge in [0.1, 0.15) is 12.4 Å². The number of hydrogen-bond donors (Lipinski definition) is 1. The van der Waals surface area contributed by atoms with Gasteiger partial charge in [-0.25, -0.2) is 0 Å². The fourth-order valence-corrected chi connectivity index (χ4v) is 4.05. The third-order valence-electron chi connectivity index (χ3n) is 4.83. The number of likely N-dealkylation sites (N-methyl/N-ethyl adjacent to an activating group) is 1. The lowest BCUT2D eigenvalue weighted by Crippen LogP contribution is -2.31. The maximum absolute atomic E-state index is 6.37. The molecule has 0 saturated heterocycles. The minimum Gasteiger partial charge on any atom is -0.495 e. The minimum absolute atomic E-state index is 0.1000. The number of nitrogens with zero attached hydrogens (tertiary/aromatic N) is 1. The molecular formula is C21H26Cl2N2O3. The molecule has 28 heavy (non-hydrogen) atoms. The molecule has 1 aliphatic rings. The highest BCUT2D eigenvalue weighted by atomic mass is 35.5. The second kappa shape index (κ2) is 9.23. The van der Waals surface area contributed by atoms with Crippen molar-refractivity contribution in [3.63, 3.8) is 0 Å². The van der Waals surface area contributed by atoms with E-state index in [0.29, 0.717) is 22.4 Å². The lowest BCUT2D eigenvalue weighted by atomic mass is 9.89. The van der Waals surface area contributed by atoms with Gasteiger partial charge in [0.25, 0.3) is 0 Å². The number of rotatable bonds is 7. The lowest BCUT2D eigenvalue weighted by molar-refractivity contribution is 0.250. The molecule has 1 heterocycles.